The lowest BCUT2D eigenvalue weighted by atomic mass is 9.76. The van der Waals surface area contributed by atoms with Crippen molar-refractivity contribution in [1.82, 2.24) is 0 Å². The van der Waals surface area contributed by atoms with Crippen LogP contribution in [0.25, 0.3) is 0 Å². The Morgan fingerprint density at radius 2 is 1.70 bits per heavy atom. The highest BCUT2D eigenvalue weighted by atomic mass is 32.2. The van der Waals surface area contributed by atoms with Crippen molar-refractivity contribution in [1.29, 1.82) is 0 Å². The lowest BCUT2D eigenvalue weighted by Gasteiger charge is -2.39. The van der Waals surface area contributed by atoms with Crippen LogP contribution < -0.4 is 0 Å². The topological polar surface area (TPSA) is 0 Å². The highest BCUT2D eigenvalue weighted by Gasteiger charge is 2.33. The molecule has 0 amide bonds. The number of hydrogen-bond acceptors (Lipinski definition) is 1. The molecule has 0 aromatic rings. The van der Waals surface area contributed by atoms with Crippen LogP contribution in [0.5, 0.6) is 0 Å². The third kappa shape index (κ3) is 6.15. The summed E-state index contributed by atoms with van der Waals surface area (Å²) in [7, 11) is 0. The van der Waals surface area contributed by atoms with E-state index in [4.69, 9.17) is 0 Å². The first-order valence-corrected chi connectivity index (χ1v) is 11.6. The highest BCUT2D eigenvalue weighted by molar-refractivity contribution is 7.99. The van der Waals surface area contributed by atoms with E-state index in [1.165, 1.54) is 82.8 Å². The fraction of sp³-hybridized carbons (Fsp3) is 0.909. The zero-order valence-corrected chi connectivity index (χ0v) is 16.6. The van der Waals surface area contributed by atoms with Crippen molar-refractivity contribution in [2.75, 3.05) is 5.75 Å². The molecule has 0 N–H and O–H groups in total. The number of thioether (sulfide) groups is 1. The van der Waals surface area contributed by atoms with Gasteiger partial charge in [0.2, 0.25) is 0 Å². The van der Waals surface area contributed by atoms with Crippen molar-refractivity contribution >= 4 is 11.8 Å². The van der Waals surface area contributed by atoms with Gasteiger partial charge in [-0.2, -0.15) is 11.8 Å². The molecule has 23 heavy (non-hydrogen) atoms. The van der Waals surface area contributed by atoms with Crippen LogP contribution >= 0.6 is 11.8 Å². The molecule has 0 nitrogen and oxygen atoms in total. The van der Waals surface area contributed by atoms with Gasteiger partial charge in [-0.3, -0.25) is 0 Å². The van der Waals surface area contributed by atoms with Gasteiger partial charge in [0.05, 0.1) is 0 Å². The maximum absolute atomic E-state index is 3.88. The first-order valence-electron chi connectivity index (χ1n) is 10.5. The summed E-state index contributed by atoms with van der Waals surface area (Å²) >= 11 is 2.36. The Morgan fingerprint density at radius 1 is 1.00 bits per heavy atom. The minimum Gasteiger partial charge on any atom is -0.158 e. The monoisotopic (exact) mass is 336 g/mol. The molecule has 1 saturated heterocycles. The van der Waals surface area contributed by atoms with Crippen LogP contribution in [0.15, 0.2) is 12.7 Å². The molecule has 0 spiro atoms. The Morgan fingerprint density at radius 3 is 2.22 bits per heavy atom. The van der Waals surface area contributed by atoms with E-state index in [-0.39, 0.29) is 0 Å². The van der Waals surface area contributed by atoms with Crippen LogP contribution in [0.2, 0.25) is 0 Å². The summed E-state index contributed by atoms with van der Waals surface area (Å²) < 4.78 is 0. The third-order valence-corrected chi connectivity index (χ3v) is 8.20. The Kier molecular flexibility index (Phi) is 9.16. The van der Waals surface area contributed by atoms with E-state index >= 15 is 0 Å². The summed E-state index contributed by atoms with van der Waals surface area (Å²) in [6.07, 6.45) is 19.5. The smallest absolute Gasteiger partial charge is 0.00755 e. The van der Waals surface area contributed by atoms with Gasteiger partial charge in [0.15, 0.2) is 0 Å². The predicted octanol–water partition coefficient (Wildman–Crippen LogP) is 7.49. The molecular formula is C22H40S. The van der Waals surface area contributed by atoms with Gasteiger partial charge in [-0.25, -0.2) is 0 Å². The predicted molar refractivity (Wildman–Crippen MR) is 107 cm³/mol. The number of allylic oxidation sites excluding steroid dienone is 1. The average molecular weight is 337 g/mol. The van der Waals surface area contributed by atoms with Crippen LogP contribution in [-0.4, -0.2) is 11.0 Å². The highest BCUT2D eigenvalue weighted by Crippen LogP contribution is 2.44. The second kappa shape index (κ2) is 10.9. The van der Waals surface area contributed by atoms with Gasteiger partial charge in [0.1, 0.15) is 0 Å². The molecule has 134 valence electrons. The van der Waals surface area contributed by atoms with E-state index in [9.17, 15) is 0 Å². The van der Waals surface area contributed by atoms with Gasteiger partial charge >= 0.3 is 0 Å². The molecule has 2 rings (SSSR count). The number of rotatable bonds is 9. The molecule has 1 saturated carbocycles. The lowest BCUT2D eigenvalue weighted by molar-refractivity contribution is 0.234. The summed E-state index contributed by atoms with van der Waals surface area (Å²) in [6.45, 7) is 8.61. The van der Waals surface area contributed by atoms with Crippen molar-refractivity contribution in [2.24, 2.45) is 23.7 Å². The van der Waals surface area contributed by atoms with Crippen molar-refractivity contribution in [3.05, 3.63) is 12.7 Å². The van der Waals surface area contributed by atoms with Crippen molar-refractivity contribution in [3.63, 3.8) is 0 Å². The first-order chi connectivity index (χ1) is 11.3. The van der Waals surface area contributed by atoms with Gasteiger partial charge < -0.3 is 0 Å². The minimum atomic E-state index is 0.996. The van der Waals surface area contributed by atoms with E-state index < -0.39 is 0 Å². The average Bonchev–Trinajstić information content (AvgIpc) is 2.60. The molecular weight excluding hydrogens is 296 g/mol. The van der Waals surface area contributed by atoms with Crippen LogP contribution in [0.3, 0.4) is 0 Å². The quantitative estimate of drug-likeness (QED) is 0.393. The molecule has 1 heterocycles. The van der Waals surface area contributed by atoms with Gasteiger partial charge in [-0.05, 0) is 67.9 Å². The summed E-state index contributed by atoms with van der Waals surface area (Å²) in [6, 6.07) is 0. The van der Waals surface area contributed by atoms with E-state index in [0.717, 1.165) is 28.9 Å². The molecule has 2 aliphatic rings. The van der Waals surface area contributed by atoms with Crippen LogP contribution in [-0.2, 0) is 0 Å². The largest absolute Gasteiger partial charge is 0.158 e. The van der Waals surface area contributed by atoms with E-state index in [0.29, 0.717) is 0 Å². The van der Waals surface area contributed by atoms with E-state index in [2.05, 4.69) is 38.3 Å². The molecule has 1 heteroatoms. The van der Waals surface area contributed by atoms with Crippen LogP contribution in [0.4, 0.5) is 0 Å². The fourth-order valence-electron chi connectivity index (χ4n) is 5.10. The van der Waals surface area contributed by atoms with Crippen molar-refractivity contribution in [2.45, 2.75) is 96.1 Å². The molecule has 0 aromatic heterocycles. The third-order valence-electron chi connectivity index (χ3n) is 6.53. The Labute approximate surface area is 150 Å². The second-order valence-corrected chi connectivity index (χ2v) is 9.47. The normalized spacial score (nSPS) is 32.1. The molecule has 1 aliphatic heterocycles. The molecule has 1 aliphatic carbocycles. The van der Waals surface area contributed by atoms with E-state index in [1.807, 2.05) is 0 Å². The second-order valence-electron chi connectivity index (χ2n) is 8.19. The van der Waals surface area contributed by atoms with Crippen LogP contribution in [0, 0.1) is 23.7 Å². The SMILES string of the molecule is C=CCCC1CCC(C2CCC(C(CCC)CCC)CS2)CC1. The zero-order chi connectivity index (χ0) is 16.5. The Bertz CT molecular complexity index is 302. The van der Waals surface area contributed by atoms with Crippen molar-refractivity contribution in [3.8, 4) is 0 Å². The summed E-state index contributed by atoms with van der Waals surface area (Å²) in [5.41, 5.74) is 0. The summed E-state index contributed by atoms with van der Waals surface area (Å²) in [5.74, 6) is 5.56. The summed E-state index contributed by atoms with van der Waals surface area (Å²) in [4.78, 5) is 0. The maximum Gasteiger partial charge on any atom is 0.00755 e. The molecule has 0 radical (unpaired) electrons. The minimum absolute atomic E-state index is 0.996. The summed E-state index contributed by atoms with van der Waals surface area (Å²) in [5, 5.41) is 0.996. The first kappa shape index (κ1) is 19.4. The van der Waals surface area contributed by atoms with Gasteiger partial charge in [-0.15, -0.1) is 6.58 Å². The van der Waals surface area contributed by atoms with Crippen LogP contribution in [0.1, 0.15) is 90.9 Å². The molecule has 2 atom stereocenters. The van der Waals surface area contributed by atoms with Gasteiger partial charge in [0, 0.05) is 5.25 Å². The van der Waals surface area contributed by atoms with E-state index in [1.54, 1.807) is 0 Å². The molecule has 0 bridgehead atoms. The Hall–Kier alpha value is 0.0900. The molecule has 0 aromatic carbocycles. The number of hydrogen-bond donors (Lipinski definition) is 0. The van der Waals surface area contributed by atoms with Gasteiger partial charge in [0.25, 0.3) is 0 Å². The van der Waals surface area contributed by atoms with Gasteiger partial charge in [-0.1, -0.05) is 58.4 Å². The lowest BCUT2D eigenvalue weighted by Crippen LogP contribution is -2.31. The maximum atomic E-state index is 3.88. The molecule has 2 fully saturated rings. The fourth-order valence-corrected chi connectivity index (χ4v) is 6.88. The van der Waals surface area contributed by atoms with Crippen molar-refractivity contribution < 1.29 is 0 Å². The Balaban J connectivity index is 1.71. The molecule has 2 unspecified atom stereocenters. The standard InChI is InChI=1S/C22H40S/c1-4-7-10-18-11-13-20(14-12-18)22-16-15-21(17-23-22)19(8-5-2)9-6-3/h4,18-22H,1,5-17H2,2-3H3. The zero-order valence-electron chi connectivity index (χ0n) is 15.8.